The molecule has 130 valence electrons. The van der Waals surface area contributed by atoms with Crippen molar-refractivity contribution >= 4 is 29.0 Å². The molecular weight excluding hydrogens is 336 g/mol. The number of hydrogen-bond donors (Lipinski definition) is 1. The van der Waals surface area contributed by atoms with Gasteiger partial charge in [0.05, 0.1) is 9.75 Å². The molecule has 1 atom stereocenters. The van der Waals surface area contributed by atoms with E-state index in [4.69, 9.17) is 0 Å². The quantitative estimate of drug-likeness (QED) is 0.834. The Hall–Kier alpha value is -2.28. The van der Waals surface area contributed by atoms with Gasteiger partial charge in [0, 0.05) is 36.9 Å². The molecule has 2 aliphatic rings. The number of amides is 1. The summed E-state index contributed by atoms with van der Waals surface area (Å²) in [6.07, 6.45) is 5.14. The van der Waals surface area contributed by atoms with E-state index < -0.39 is 0 Å². The molecule has 1 amide bonds. The van der Waals surface area contributed by atoms with Crippen LogP contribution in [0.25, 0.3) is 0 Å². The van der Waals surface area contributed by atoms with Gasteiger partial charge in [-0.2, -0.15) is 0 Å². The first-order valence-electron chi connectivity index (χ1n) is 8.59. The lowest BCUT2D eigenvalue weighted by Crippen LogP contribution is -2.37. The summed E-state index contributed by atoms with van der Waals surface area (Å²) in [6, 6.07) is 5.50. The number of anilines is 1. The van der Waals surface area contributed by atoms with Gasteiger partial charge in [-0.15, -0.1) is 11.3 Å². The van der Waals surface area contributed by atoms with Gasteiger partial charge >= 0.3 is 0 Å². The summed E-state index contributed by atoms with van der Waals surface area (Å²) >= 11 is 1.24. The fourth-order valence-electron chi connectivity index (χ4n) is 3.09. The van der Waals surface area contributed by atoms with E-state index in [-0.39, 0.29) is 17.7 Å². The van der Waals surface area contributed by atoms with Crippen LogP contribution in [0.2, 0.25) is 0 Å². The summed E-state index contributed by atoms with van der Waals surface area (Å²) in [6.45, 7) is 3.06. The van der Waals surface area contributed by atoms with Gasteiger partial charge in [0.2, 0.25) is 5.95 Å². The highest BCUT2D eigenvalue weighted by molar-refractivity contribution is 7.15. The Bertz CT molecular complexity index is 815. The summed E-state index contributed by atoms with van der Waals surface area (Å²) in [4.78, 5) is 36.1. The topological polar surface area (TPSA) is 75.2 Å². The number of nitrogens with zero attached hydrogens (tertiary/aromatic N) is 3. The summed E-state index contributed by atoms with van der Waals surface area (Å²) in [5.41, 5.74) is 1.13. The smallest absolute Gasteiger partial charge is 0.261 e. The minimum atomic E-state index is -0.114. The van der Waals surface area contributed by atoms with Crippen molar-refractivity contribution in [3.63, 3.8) is 0 Å². The zero-order valence-electron chi connectivity index (χ0n) is 14.1. The molecule has 25 heavy (non-hydrogen) atoms. The Labute approximate surface area is 150 Å². The molecule has 1 aliphatic carbocycles. The Morgan fingerprint density at radius 2 is 2.00 bits per heavy atom. The van der Waals surface area contributed by atoms with E-state index >= 15 is 0 Å². The van der Waals surface area contributed by atoms with Gasteiger partial charge in [-0.05, 0) is 44.4 Å². The van der Waals surface area contributed by atoms with Crippen LogP contribution in [0.15, 0.2) is 24.4 Å². The normalized spacial score (nSPS) is 19.9. The van der Waals surface area contributed by atoms with E-state index in [0.29, 0.717) is 22.2 Å². The molecule has 3 heterocycles. The molecule has 2 aromatic heterocycles. The Balaban J connectivity index is 1.38. The summed E-state index contributed by atoms with van der Waals surface area (Å²) < 4.78 is 0. The van der Waals surface area contributed by atoms with Gasteiger partial charge in [0.1, 0.15) is 0 Å². The standard InChI is InChI=1S/C18H20N4O2S/c1-11(23)15-4-5-16(25-15)17(24)20-13-7-9-22(10-13)18-19-8-6-14(21-18)12-2-3-12/h4-6,8,12-13H,2-3,7,9-10H2,1H3,(H,20,24). The van der Waals surface area contributed by atoms with Crippen molar-refractivity contribution in [1.82, 2.24) is 15.3 Å². The van der Waals surface area contributed by atoms with Gasteiger partial charge in [-0.1, -0.05) is 0 Å². The SMILES string of the molecule is CC(=O)c1ccc(C(=O)NC2CCN(c3nccc(C4CC4)n3)C2)s1. The zero-order chi connectivity index (χ0) is 17.4. The number of carbonyl (C=O) groups is 2. The van der Waals surface area contributed by atoms with Gasteiger partial charge in [-0.25, -0.2) is 9.97 Å². The van der Waals surface area contributed by atoms with Crippen LogP contribution in [0.5, 0.6) is 0 Å². The van der Waals surface area contributed by atoms with Crippen LogP contribution in [0.3, 0.4) is 0 Å². The fourth-order valence-corrected chi connectivity index (χ4v) is 3.89. The average Bonchev–Trinajstić information content (AvgIpc) is 3.15. The van der Waals surface area contributed by atoms with Crippen molar-refractivity contribution in [2.75, 3.05) is 18.0 Å². The van der Waals surface area contributed by atoms with Crippen molar-refractivity contribution in [2.24, 2.45) is 0 Å². The first kappa shape index (κ1) is 16.2. The number of rotatable bonds is 5. The molecule has 7 heteroatoms. The molecule has 0 spiro atoms. The third kappa shape index (κ3) is 3.56. The van der Waals surface area contributed by atoms with Gasteiger partial charge < -0.3 is 10.2 Å². The third-order valence-electron chi connectivity index (χ3n) is 4.64. The number of carbonyl (C=O) groups excluding carboxylic acids is 2. The first-order valence-corrected chi connectivity index (χ1v) is 9.41. The maximum Gasteiger partial charge on any atom is 0.261 e. The Morgan fingerprint density at radius 3 is 2.72 bits per heavy atom. The predicted molar refractivity (Wildman–Crippen MR) is 96.4 cm³/mol. The summed E-state index contributed by atoms with van der Waals surface area (Å²) in [5.74, 6) is 1.24. The molecule has 0 radical (unpaired) electrons. The molecule has 4 rings (SSSR count). The highest BCUT2D eigenvalue weighted by atomic mass is 32.1. The lowest BCUT2D eigenvalue weighted by Gasteiger charge is -2.17. The van der Waals surface area contributed by atoms with Gasteiger partial charge in [0.25, 0.3) is 5.91 Å². The Kier molecular flexibility index (Phi) is 4.25. The van der Waals surface area contributed by atoms with Crippen molar-refractivity contribution < 1.29 is 9.59 Å². The molecule has 1 N–H and O–H groups in total. The number of ketones is 1. The molecule has 0 aromatic carbocycles. The second kappa shape index (κ2) is 6.55. The molecular formula is C18H20N4O2S. The van der Waals surface area contributed by atoms with Crippen molar-refractivity contribution in [3.05, 3.63) is 39.8 Å². The van der Waals surface area contributed by atoms with Crippen LogP contribution >= 0.6 is 11.3 Å². The van der Waals surface area contributed by atoms with Crippen LogP contribution in [-0.4, -0.2) is 40.8 Å². The highest BCUT2D eigenvalue weighted by Crippen LogP contribution is 2.39. The van der Waals surface area contributed by atoms with Crippen LogP contribution in [0.1, 0.15) is 57.1 Å². The number of thiophene rings is 1. The van der Waals surface area contributed by atoms with E-state index in [1.807, 2.05) is 12.3 Å². The number of Topliss-reactive ketones (excluding diaryl/α,β-unsaturated/α-hetero) is 1. The monoisotopic (exact) mass is 356 g/mol. The first-order chi connectivity index (χ1) is 12.1. The van der Waals surface area contributed by atoms with E-state index in [1.54, 1.807) is 12.1 Å². The van der Waals surface area contributed by atoms with Crippen LogP contribution < -0.4 is 10.2 Å². The minimum Gasteiger partial charge on any atom is -0.347 e. The molecule has 2 fully saturated rings. The molecule has 1 aliphatic heterocycles. The second-order valence-electron chi connectivity index (χ2n) is 6.68. The number of nitrogens with one attached hydrogen (secondary N) is 1. The van der Waals surface area contributed by atoms with Gasteiger partial charge in [-0.3, -0.25) is 9.59 Å². The maximum absolute atomic E-state index is 12.4. The molecule has 0 bridgehead atoms. The highest BCUT2D eigenvalue weighted by Gasteiger charge is 2.29. The number of aromatic nitrogens is 2. The molecule has 1 unspecified atom stereocenters. The average molecular weight is 356 g/mol. The third-order valence-corrected chi connectivity index (χ3v) is 5.83. The second-order valence-corrected chi connectivity index (χ2v) is 7.76. The molecule has 1 saturated heterocycles. The van der Waals surface area contributed by atoms with Crippen LogP contribution in [0.4, 0.5) is 5.95 Å². The summed E-state index contributed by atoms with van der Waals surface area (Å²) in [5, 5.41) is 3.06. The van der Waals surface area contributed by atoms with Crippen molar-refractivity contribution in [1.29, 1.82) is 0 Å². The van der Waals surface area contributed by atoms with E-state index in [0.717, 1.165) is 24.6 Å². The van der Waals surface area contributed by atoms with E-state index in [2.05, 4.69) is 20.2 Å². The molecule has 1 saturated carbocycles. The lowest BCUT2D eigenvalue weighted by atomic mass is 10.2. The zero-order valence-corrected chi connectivity index (χ0v) is 14.9. The largest absolute Gasteiger partial charge is 0.347 e. The van der Waals surface area contributed by atoms with Crippen LogP contribution in [0, 0.1) is 0 Å². The lowest BCUT2D eigenvalue weighted by molar-refractivity contribution is 0.0944. The predicted octanol–water partition coefficient (Wildman–Crippen LogP) is 2.63. The maximum atomic E-state index is 12.4. The van der Waals surface area contributed by atoms with E-state index in [9.17, 15) is 9.59 Å². The van der Waals surface area contributed by atoms with Gasteiger partial charge in [0.15, 0.2) is 5.78 Å². The van der Waals surface area contributed by atoms with Crippen molar-refractivity contribution in [3.8, 4) is 0 Å². The summed E-state index contributed by atoms with van der Waals surface area (Å²) in [7, 11) is 0. The van der Waals surface area contributed by atoms with Crippen molar-refractivity contribution in [2.45, 2.75) is 38.1 Å². The molecule has 6 nitrogen and oxygen atoms in total. The number of hydrogen-bond acceptors (Lipinski definition) is 6. The van der Waals surface area contributed by atoms with Crippen LogP contribution in [-0.2, 0) is 0 Å². The fraction of sp³-hybridized carbons (Fsp3) is 0.444. The molecule has 2 aromatic rings. The Morgan fingerprint density at radius 1 is 1.20 bits per heavy atom. The minimum absolute atomic E-state index is 0.0104. The van der Waals surface area contributed by atoms with E-state index in [1.165, 1.54) is 31.1 Å².